The molecular weight excluding hydrogens is 292 g/mol. The van der Waals surface area contributed by atoms with E-state index in [1.54, 1.807) is 20.8 Å². The molecule has 7 heteroatoms. The number of hydrogen-bond donors (Lipinski definition) is 2. The molecule has 0 spiro atoms. The number of nitrogens with two attached hydrogens (primary N) is 1. The van der Waals surface area contributed by atoms with Gasteiger partial charge in [0, 0.05) is 5.56 Å². The highest BCUT2D eigenvalue weighted by Crippen LogP contribution is 2.18. The molecule has 0 aliphatic rings. The summed E-state index contributed by atoms with van der Waals surface area (Å²) in [6.45, 7) is 5.06. The van der Waals surface area contributed by atoms with E-state index >= 15 is 0 Å². The SMILES string of the molecule is CC(NC(=O)C(C)(C)N)c1noc(-c2ccccc2)n1.Cl. The highest BCUT2D eigenvalue weighted by atomic mass is 35.5. The van der Waals surface area contributed by atoms with E-state index in [-0.39, 0.29) is 24.4 Å². The molecule has 0 saturated heterocycles. The third-order valence-corrected chi connectivity index (χ3v) is 2.78. The fourth-order valence-electron chi connectivity index (χ4n) is 1.56. The molecule has 0 bridgehead atoms. The van der Waals surface area contributed by atoms with Crippen molar-refractivity contribution < 1.29 is 9.32 Å². The second-order valence-electron chi connectivity index (χ2n) is 5.24. The summed E-state index contributed by atoms with van der Waals surface area (Å²) in [5.41, 5.74) is 5.62. The van der Waals surface area contributed by atoms with Gasteiger partial charge in [0.2, 0.25) is 5.91 Å². The lowest BCUT2D eigenvalue weighted by molar-refractivity contribution is -0.125. The van der Waals surface area contributed by atoms with Crippen molar-refractivity contribution in [1.82, 2.24) is 15.5 Å². The van der Waals surface area contributed by atoms with Crippen molar-refractivity contribution >= 4 is 18.3 Å². The van der Waals surface area contributed by atoms with Crippen LogP contribution in [0.2, 0.25) is 0 Å². The predicted molar refractivity (Wildman–Crippen MR) is 81.8 cm³/mol. The molecule has 1 heterocycles. The van der Waals surface area contributed by atoms with Crippen LogP contribution in [0, 0.1) is 0 Å². The highest BCUT2D eigenvalue weighted by Gasteiger charge is 2.25. The van der Waals surface area contributed by atoms with E-state index in [4.69, 9.17) is 10.3 Å². The smallest absolute Gasteiger partial charge is 0.257 e. The summed E-state index contributed by atoms with van der Waals surface area (Å²) < 4.78 is 5.20. The van der Waals surface area contributed by atoms with Crippen LogP contribution < -0.4 is 11.1 Å². The number of carbonyl (C=O) groups is 1. The second kappa shape index (κ2) is 6.69. The first kappa shape index (κ1) is 17.1. The molecule has 3 N–H and O–H groups in total. The maximum atomic E-state index is 11.8. The number of rotatable bonds is 4. The van der Waals surface area contributed by atoms with Gasteiger partial charge in [-0.15, -0.1) is 12.4 Å². The minimum Gasteiger partial charge on any atom is -0.345 e. The minimum absolute atomic E-state index is 0. The maximum absolute atomic E-state index is 11.8. The van der Waals surface area contributed by atoms with E-state index in [9.17, 15) is 4.79 Å². The molecule has 0 fully saturated rings. The molecule has 1 aromatic heterocycles. The quantitative estimate of drug-likeness (QED) is 0.901. The number of nitrogens with zero attached hydrogens (tertiary/aromatic N) is 2. The molecule has 1 aromatic carbocycles. The van der Waals surface area contributed by atoms with Gasteiger partial charge in [-0.2, -0.15) is 4.98 Å². The molecule has 114 valence electrons. The van der Waals surface area contributed by atoms with E-state index in [1.807, 2.05) is 30.3 Å². The molecule has 0 saturated carbocycles. The molecule has 0 aliphatic heterocycles. The van der Waals surface area contributed by atoms with Crippen LogP contribution in [0.4, 0.5) is 0 Å². The number of nitrogens with one attached hydrogen (secondary N) is 1. The number of benzene rings is 1. The molecule has 1 amide bonds. The standard InChI is InChI=1S/C14H18N4O2.ClH/c1-9(16-13(19)14(2,3)15)11-17-12(20-18-11)10-7-5-4-6-8-10;/h4-9H,15H2,1-3H3,(H,16,19);1H. The Hall–Kier alpha value is -1.92. The lowest BCUT2D eigenvalue weighted by atomic mass is 10.1. The monoisotopic (exact) mass is 310 g/mol. The normalized spacial score (nSPS) is 12.4. The first-order valence-corrected chi connectivity index (χ1v) is 6.37. The molecule has 0 radical (unpaired) electrons. The molecule has 1 unspecified atom stereocenters. The topological polar surface area (TPSA) is 94.0 Å². The van der Waals surface area contributed by atoms with Gasteiger partial charge in [0.25, 0.3) is 5.89 Å². The number of amides is 1. The van der Waals surface area contributed by atoms with Crippen LogP contribution in [-0.4, -0.2) is 21.6 Å². The summed E-state index contributed by atoms with van der Waals surface area (Å²) in [4.78, 5) is 16.1. The van der Waals surface area contributed by atoms with E-state index in [2.05, 4.69) is 15.5 Å². The van der Waals surface area contributed by atoms with Crippen LogP contribution in [-0.2, 0) is 4.79 Å². The fraction of sp³-hybridized carbons (Fsp3) is 0.357. The zero-order valence-corrected chi connectivity index (χ0v) is 13.0. The Morgan fingerprint density at radius 1 is 1.33 bits per heavy atom. The Balaban J connectivity index is 0.00000220. The van der Waals surface area contributed by atoms with Gasteiger partial charge < -0.3 is 15.6 Å². The third-order valence-electron chi connectivity index (χ3n) is 2.78. The summed E-state index contributed by atoms with van der Waals surface area (Å²) in [7, 11) is 0. The van der Waals surface area contributed by atoms with Gasteiger partial charge in [-0.3, -0.25) is 4.79 Å². The maximum Gasteiger partial charge on any atom is 0.257 e. The highest BCUT2D eigenvalue weighted by molar-refractivity contribution is 5.85. The summed E-state index contributed by atoms with van der Waals surface area (Å²) >= 11 is 0. The van der Waals surface area contributed by atoms with E-state index in [0.717, 1.165) is 5.56 Å². The average molecular weight is 311 g/mol. The summed E-state index contributed by atoms with van der Waals surface area (Å²) in [5.74, 6) is 0.575. The van der Waals surface area contributed by atoms with Gasteiger partial charge in [-0.25, -0.2) is 0 Å². The molecule has 21 heavy (non-hydrogen) atoms. The zero-order valence-electron chi connectivity index (χ0n) is 12.2. The number of halogens is 1. The Bertz CT molecular complexity index is 593. The summed E-state index contributed by atoms with van der Waals surface area (Å²) in [6, 6.07) is 9.08. The Morgan fingerprint density at radius 3 is 2.52 bits per heavy atom. The first-order chi connectivity index (χ1) is 9.38. The zero-order chi connectivity index (χ0) is 14.8. The van der Waals surface area contributed by atoms with Crippen LogP contribution in [0.15, 0.2) is 34.9 Å². The van der Waals surface area contributed by atoms with Crippen LogP contribution in [0.5, 0.6) is 0 Å². The number of hydrogen-bond acceptors (Lipinski definition) is 5. The third kappa shape index (κ3) is 4.27. The number of carbonyl (C=O) groups excluding carboxylic acids is 1. The Labute approximate surface area is 129 Å². The molecule has 0 aliphatic carbocycles. The van der Waals surface area contributed by atoms with Crippen LogP contribution in [0.25, 0.3) is 11.5 Å². The van der Waals surface area contributed by atoms with E-state index in [1.165, 1.54) is 0 Å². The van der Waals surface area contributed by atoms with Gasteiger partial charge in [-0.05, 0) is 32.9 Å². The minimum atomic E-state index is -0.944. The molecule has 2 aromatic rings. The lowest BCUT2D eigenvalue weighted by Gasteiger charge is -2.20. The molecule has 6 nitrogen and oxygen atoms in total. The molecule has 2 rings (SSSR count). The van der Waals surface area contributed by atoms with E-state index < -0.39 is 5.54 Å². The van der Waals surface area contributed by atoms with Crippen molar-refractivity contribution in [3.8, 4) is 11.5 Å². The summed E-state index contributed by atoms with van der Waals surface area (Å²) in [6.07, 6.45) is 0. The Kier molecular flexibility index (Phi) is 5.46. The molecular formula is C14H19ClN4O2. The number of aromatic nitrogens is 2. The second-order valence-corrected chi connectivity index (χ2v) is 5.24. The van der Waals surface area contributed by atoms with Crippen molar-refractivity contribution in [2.24, 2.45) is 5.73 Å². The van der Waals surface area contributed by atoms with Crippen LogP contribution >= 0.6 is 12.4 Å². The Morgan fingerprint density at radius 2 is 1.95 bits per heavy atom. The van der Waals surface area contributed by atoms with Gasteiger partial charge in [0.1, 0.15) is 0 Å². The first-order valence-electron chi connectivity index (χ1n) is 6.37. The van der Waals surface area contributed by atoms with Gasteiger partial charge in [0.05, 0.1) is 11.6 Å². The predicted octanol–water partition coefficient (Wildman–Crippen LogP) is 2.07. The van der Waals surface area contributed by atoms with Crippen molar-refractivity contribution in [1.29, 1.82) is 0 Å². The van der Waals surface area contributed by atoms with Gasteiger partial charge in [0.15, 0.2) is 5.82 Å². The van der Waals surface area contributed by atoms with Crippen molar-refractivity contribution in [2.45, 2.75) is 32.4 Å². The average Bonchev–Trinajstić information content (AvgIpc) is 2.88. The van der Waals surface area contributed by atoms with Crippen LogP contribution in [0.1, 0.15) is 32.6 Å². The van der Waals surface area contributed by atoms with Crippen LogP contribution in [0.3, 0.4) is 0 Å². The summed E-state index contributed by atoms with van der Waals surface area (Å²) in [5, 5.41) is 6.64. The van der Waals surface area contributed by atoms with Crippen molar-refractivity contribution in [2.75, 3.05) is 0 Å². The van der Waals surface area contributed by atoms with E-state index in [0.29, 0.717) is 11.7 Å². The van der Waals surface area contributed by atoms with Gasteiger partial charge in [-0.1, -0.05) is 23.4 Å². The largest absolute Gasteiger partial charge is 0.345 e. The fourth-order valence-corrected chi connectivity index (χ4v) is 1.56. The van der Waals surface area contributed by atoms with Crippen molar-refractivity contribution in [3.05, 3.63) is 36.2 Å². The van der Waals surface area contributed by atoms with Crippen molar-refractivity contribution in [3.63, 3.8) is 0 Å². The lowest BCUT2D eigenvalue weighted by Crippen LogP contribution is -2.49. The molecule has 1 atom stereocenters. The van der Waals surface area contributed by atoms with Gasteiger partial charge >= 0.3 is 0 Å².